The molecule has 6 heteroatoms. The van der Waals surface area contributed by atoms with Gasteiger partial charge in [0.25, 0.3) is 11.8 Å². The second-order valence-corrected chi connectivity index (χ2v) is 10.6. The predicted molar refractivity (Wildman–Crippen MR) is 158 cm³/mol. The molecule has 0 saturated carbocycles. The molecule has 0 aliphatic heterocycles. The summed E-state index contributed by atoms with van der Waals surface area (Å²) in [5.41, 5.74) is 7.45. The van der Waals surface area contributed by atoms with E-state index < -0.39 is 6.10 Å². The van der Waals surface area contributed by atoms with Crippen LogP contribution in [-0.4, -0.2) is 29.5 Å². The predicted octanol–water partition coefficient (Wildman–Crippen LogP) is 6.43. The molecule has 2 amide bonds. The van der Waals surface area contributed by atoms with Gasteiger partial charge in [-0.15, -0.1) is 0 Å². The van der Waals surface area contributed by atoms with Gasteiger partial charge in [-0.05, 0) is 86.2 Å². The van der Waals surface area contributed by atoms with Gasteiger partial charge in [-0.25, -0.2) is 0 Å². The number of carbonyl (C=O) groups excluding carboxylic acids is 2. The van der Waals surface area contributed by atoms with Gasteiger partial charge >= 0.3 is 0 Å². The van der Waals surface area contributed by atoms with Gasteiger partial charge in [0.2, 0.25) is 0 Å². The number of amides is 2. The lowest BCUT2D eigenvalue weighted by Crippen LogP contribution is -2.33. The van der Waals surface area contributed by atoms with Gasteiger partial charge in [-0.1, -0.05) is 50.2 Å². The van der Waals surface area contributed by atoms with Crippen molar-refractivity contribution in [2.75, 3.05) is 7.05 Å². The number of ether oxygens (including phenoxy) is 1. The molecule has 0 aliphatic carbocycles. The van der Waals surface area contributed by atoms with E-state index in [4.69, 9.17) is 4.74 Å². The van der Waals surface area contributed by atoms with Crippen molar-refractivity contribution >= 4 is 22.7 Å². The van der Waals surface area contributed by atoms with Gasteiger partial charge < -0.3 is 19.9 Å². The van der Waals surface area contributed by atoms with E-state index >= 15 is 0 Å². The lowest BCUT2D eigenvalue weighted by Gasteiger charge is -2.17. The lowest BCUT2D eigenvalue weighted by atomic mass is 9.98. The summed E-state index contributed by atoms with van der Waals surface area (Å²) in [5, 5.41) is 6.85. The lowest BCUT2D eigenvalue weighted by molar-refractivity contribution is -0.126. The Morgan fingerprint density at radius 3 is 2.33 bits per heavy atom. The Morgan fingerprint density at radius 2 is 1.62 bits per heavy atom. The third-order valence-corrected chi connectivity index (χ3v) is 7.49. The highest BCUT2D eigenvalue weighted by Crippen LogP contribution is 2.28. The largest absolute Gasteiger partial charge is 0.481 e. The second kappa shape index (κ2) is 11.8. The monoisotopic (exact) mass is 525 g/mol. The maximum Gasteiger partial charge on any atom is 0.260 e. The number of aromatic nitrogens is 1. The minimum absolute atomic E-state index is 0.0840. The van der Waals surface area contributed by atoms with E-state index in [1.807, 2.05) is 43.3 Å². The van der Waals surface area contributed by atoms with Gasteiger partial charge in [0.15, 0.2) is 6.10 Å². The quantitative estimate of drug-likeness (QED) is 0.264. The number of nitrogens with one attached hydrogen (secondary N) is 2. The molecule has 2 N–H and O–H groups in total. The number of fused-ring (bicyclic) bond motifs is 1. The van der Waals surface area contributed by atoms with Crippen molar-refractivity contribution < 1.29 is 14.3 Å². The normalized spacial score (nSPS) is 12.8. The summed E-state index contributed by atoms with van der Waals surface area (Å²) in [6, 6.07) is 22.1. The van der Waals surface area contributed by atoms with Crippen LogP contribution in [0.25, 0.3) is 10.9 Å². The smallest absolute Gasteiger partial charge is 0.260 e. The molecule has 0 bridgehead atoms. The molecule has 0 radical (unpaired) electrons. The van der Waals surface area contributed by atoms with E-state index in [0.29, 0.717) is 23.8 Å². The first-order valence-electron chi connectivity index (χ1n) is 13.6. The molecular formula is C33H39N3O3. The molecule has 4 aromatic rings. The number of hydrogen-bond acceptors (Lipinski definition) is 3. The summed E-state index contributed by atoms with van der Waals surface area (Å²) in [5.74, 6) is 0.842. The topological polar surface area (TPSA) is 72.4 Å². The summed E-state index contributed by atoms with van der Waals surface area (Å²) >= 11 is 0. The molecule has 0 spiro atoms. The summed E-state index contributed by atoms with van der Waals surface area (Å²) in [7, 11) is 1.60. The van der Waals surface area contributed by atoms with Crippen molar-refractivity contribution in [3.63, 3.8) is 0 Å². The number of carbonyl (C=O) groups is 2. The number of hydrogen-bond donors (Lipinski definition) is 2. The van der Waals surface area contributed by atoms with E-state index in [2.05, 4.69) is 73.2 Å². The average Bonchev–Trinajstić information content (AvgIpc) is 3.16. The summed E-state index contributed by atoms with van der Waals surface area (Å²) in [6.45, 7) is 13.0. The fourth-order valence-electron chi connectivity index (χ4n) is 4.91. The first-order valence-corrected chi connectivity index (χ1v) is 13.6. The van der Waals surface area contributed by atoms with E-state index in [-0.39, 0.29) is 17.9 Å². The summed E-state index contributed by atoms with van der Waals surface area (Å²) in [4.78, 5) is 25.1. The molecule has 3 aromatic carbocycles. The highest BCUT2D eigenvalue weighted by molar-refractivity contribution is 5.99. The van der Waals surface area contributed by atoms with Crippen molar-refractivity contribution in [2.45, 2.75) is 66.2 Å². The van der Waals surface area contributed by atoms with E-state index in [0.717, 1.165) is 33.3 Å². The SMILES string of the molecule is CNC(=O)C(C)Oc1cccc(Cn2c(C)c(C)c3cc(C(=O)N[C@@H](C)c4cccc(C(C)C)c4)ccc32)c1. The zero-order valence-corrected chi connectivity index (χ0v) is 24.0. The van der Waals surface area contributed by atoms with Crippen molar-refractivity contribution in [3.05, 3.63) is 100 Å². The Bertz CT molecular complexity index is 1500. The van der Waals surface area contributed by atoms with Crippen LogP contribution in [0, 0.1) is 13.8 Å². The van der Waals surface area contributed by atoms with Crippen LogP contribution in [-0.2, 0) is 11.3 Å². The van der Waals surface area contributed by atoms with Gasteiger partial charge in [-0.2, -0.15) is 0 Å². The average molecular weight is 526 g/mol. The maximum atomic E-state index is 13.2. The maximum absolute atomic E-state index is 13.2. The molecule has 1 unspecified atom stereocenters. The molecule has 0 aliphatic rings. The summed E-state index contributed by atoms with van der Waals surface area (Å²) in [6.07, 6.45) is -0.576. The Hall–Kier alpha value is -4.06. The van der Waals surface area contributed by atoms with Gasteiger partial charge in [0.1, 0.15) is 5.75 Å². The first kappa shape index (κ1) is 28.0. The van der Waals surface area contributed by atoms with Gasteiger partial charge in [-0.3, -0.25) is 9.59 Å². The number of benzene rings is 3. The minimum Gasteiger partial charge on any atom is -0.481 e. The van der Waals surface area contributed by atoms with E-state index in [9.17, 15) is 9.59 Å². The molecule has 39 heavy (non-hydrogen) atoms. The van der Waals surface area contributed by atoms with Crippen molar-refractivity contribution in [3.8, 4) is 5.75 Å². The van der Waals surface area contributed by atoms with Crippen LogP contribution < -0.4 is 15.4 Å². The highest BCUT2D eigenvalue weighted by Gasteiger charge is 2.17. The Labute approximate surface area is 231 Å². The molecule has 0 saturated heterocycles. The Kier molecular flexibility index (Phi) is 8.44. The van der Waals surface area contributed by atoms with Crippen molar-refractivity contribution in [1.29, 1.82) is 0 Å². The van der Waals surface area contributed by atoms with Crippen LogP contribution >= 0.6 is 0 Å². The second-order valence-electron chi connectivity index (χ2n) is 10.6. The summed E-state index contributed by atoms with van der Waals surface area (Å²) < 4.78 is 8.08. The molecule has 6 nitrogen and oxygen atoms in total. The zero-order chi connectivity index (χ0) is 28.3. The van der Waals surface area contributed by atoms with Crippen LogP contribution in [0.1, 0.15) is 78.0 Å². The zero-order valence-electron chi connectivity index (χ0n) is 24.0. The molecule has 1 aromatic heterocycles. The number of aryl methyl sites for hydroxylation is 1. The molecule has 1 heterocycles. The first-order chi connectivity index (χ1) is 18.6. The number of nitrogens with zero attached hydrogens (tertiary/aromatic N) is 1. The van der Waals surface area contributed by atoms with Crippen LogP contribution in [0.2, 0.25) is 0 Å². The van der Waals surface area contributed by atoms with Crippen LogP contribution in [0.3, 0.4) is 0 Å². The van der Waals surface area contributed by atoms with Gasteiger partial charge in [0.05, 0.1) is 6.04 Å². The van der Waals surface area contributed by atoms with E-state index in [1.165, 1.54) is 5.56 Å². The highest BCUT2D eigenvalue weighted by atomic mass is 16.5. The standard InChI is InChI=1S/C33H39N3O3/c1-20(2)26-11-9-12-27(17-26)22(4)35-33(38)28-14-15-31-30(18-28)21(3)23(5)36(31)19-25-10-8-13-29(16-25)39-24(6)32(37)34-7/h8-18,20,22,24H,19H2,1-7H3,(H,34,37)(H,35,38)/t22-,24?/m0/s1. The van der Waals surface area contributed by atoms with Crippen molar-refractivity contribution in [1.82, 2.24) is 15.2 Å². The fraction of sp³-hybridized carbons (Fsp3) is 0.333. The van der Waals surface area contributed by atoms with Crippen LogP contribution in [0.4, 0.5) is 0 Å². The van der Waals surface area contributed by atoms with Gasteiger partial charge in [0, 0.05) is 35.8 Å². The Balaban J connectivity index is 1.55. The third-order valence-electron chi connectivity index (χ3n) is 7.49. The van der Waals surface area contributed by atoms with Crippen LogP contribution in [0.5, 0.6) is 5.75 Å². The molecule has 204 valence electrons. The minimum atomic E-state index is -0.576. The molecular weight excluding hydrogens is 486 g/mol. The van der Waals surface area contributed by atoms with E-state index in [1.54, 1.807) is 14.0 Å². The number of rotatable bonds is 9. The molecule has 4 rings (SSSR count). The third kappa shape index (κ3) is 6.17. The molecule has 0 fully saturated rings. The van der Waals surface area contributed by atoms with Crippen molar-refractivity contribution in [2.24, 2.45) is 0 Å². The molecule has 2 atom stereocenters. The van der Waals surface area contributed by atoms with Crippen LogP contribution in [0.15, 0.2) is 66.7 Å². The fourth-order valence-corrected chi connectivity index (χ4v) is 4.91. The number of likely N-dealkylation sites (N-methyl/N-ethyl adjacent to an activating group) is 1. The Morgan fingerprint density at radius 1 is 0.897 bits per heavy atom.